The fourth-order valence-corrected chi connectivity index (χ4v) is 0.744. The van der Waals surface area contributed by atoms with E-state index in [4.69, 9.17) is 0 Å². The van der Waals surface area contributed by atoms with Gasteiger partial charge in [0.1, 0.15) is 0 Å². The molecule has 0 fully saturated rings. The molecule has 1 rings (SSSR count). The van der Waals surface area contributed by atoms with E-state index in [-0.39, 0.29) is 0 Å². The lowest BCUT2D eigenvalue weighted by Crippen LogP contribution is -2.07. The highest BCUT2D eigenvalue weighted by Crippen LogP contribution is 2.23. The largest absolute Gasteiger partial charge is 0.417 e. The molecule has 74 valence electrons. The minimum absolute atomic E-state index is 0.593. The SMILES string of the molecule is C=CC(=O)Oc1c(F)ccc(F)c1F. The molecular formula is C9H5F3O2. The van der Waals surface area contributed by atoms with Gasteiger partial charge in [-0.15, -0.1) is 0 Å². The Kier molecular flexibility index (Phi) is 2.91. The topological polar surface area (TPSA) is 26.3 Å². The zero-order valence-corrected chi connectivity index (χ0v) is 6.89. The zero-order valence-electron chi connectivity index (χ0n) is 6.89. The van der Waals surface area contributed by atoms with Gasteiger partial charge in [0.05, 0.1) is 0 Å². The zero-order chi connectivity index (χ0) is 10.7. The molecular weight excluding hydrogens is 197 g/mol. The van der Waals surface area contributed by atoms with E-state index >= 15 is 0 Å². The van der Waals surface area contributed by atoms with Gasteiger partial charge < -0.3 is 4.74 Å². The predicted molar refractivity (Wildman–Crippen MR) is 42.1 cm³/mol. The molecule has 1 aromatic carbocycles. The molecule has 0 saturated carbocycles. The van der Waals surface area contributed by atoms with Crippen molar-refractivity contribution in [3.63, 3.8) is 0 Å². The number of hydrogen-bond acceptors (Lipinski definition) is 2. The third-order valence-corrected chi connectivity index (χ3v) is 1.37. The maximum absolute atomic E-state index is 12.8. The number of carbonyl (C=O) groups is 1. The quantitative estimate of drug-likeness (QED) is 0.318. The highest BCUT2D eigenvalue weighted by Gasteiger charge is 2.17. The smallest absolute Gasteiger partial charge is 0.335 e. The third-order valence-electron chi connectivity index (χ3n) is 1.37. The first-order valence-electron chi connectivity index (χ1n) is 3.54. The lowest BCUT2D eigenvalue weighted by atomic mass is 10.3. The first kappa shape index (κ1) is 10.3. The second kappa shape index (κ2) is 3.95. The molecule has 0 atom stereocenters. The van der Waals surface area contributed by atoms with Crippen molar-refractivity contribution in [1.82, 2.24) is 0 Å². The number of benzene rings is 1. The first-order chi connectivity index (χ1) is 6.56. The van der Waals surface area contributed by atoms with E-state index in [0.29, 0.717) is 18.2 Å². The average molecular weight is 202 g/mol. The summed E-state index contributed by atoms with van der Waals surface area (Å²) < 4.78 is 42.4. The fourth-order valence-electron chi connectivity index (χ4n) is 0.744. The van der Waals surface area contributed by atoms with Crippen molar-refractivity contribution in [2.24, 2.45) is 0 Å². The van der Waals surface area contributed by atoms with Gasteiger partial charge in [0, 0.05) is 6.08 Å². The molecule has 0 aliphatic rings. The Morgan fingerprint density at radius 1 is 1.29 bits per heavy atom. The molecule has 0 aliphatic carbocycles. The lowest BCUT2D eigenvalue weighted by molar-refractivity contribution is -0.129. The van der Waals surface area contributed by atoms with Gasteiger partial charge in [0.2, 0.25) is 11.6 Å². The normalized spacial score (nSPS) is 9.64. The number of halogens is 3. The summed E-state index contributed by atoms with van der Waals surface area (Å²) in [7, 11) is 0. The number of hydrogen-bond donors (Lipinski definition) is 0. The van der Waals surface area contributed by atoms with E-state index in [1.165, 1.54) is 0 Å². The Morgan fingerprint density at radius 2 is 1.86 bits per heavy atom. The molecule has 0 N–H and O–H groups in total. The predicted octanol–water partition coefficient (Wildman–Crippen LogP) is 2.20. The van der Waals surface area contributed by atoms with Crippen molar-refractivity contribution in [2.45, 2.75) is 0 Å². The summed E-state index contributed by atoms with van der Waals surface area (Å²) in [6.45, 7) is 3.03. The van der Waals surface area contributed by atoms with Crippen molar-refractivity contribution < 1.29 is 22.7 Å². The van der Waals surface area contributed by atoms with Gasteiger partial charge >= 0.3 is 5.97 Å². The highest BCUT2D eigenvalue weighted by molar-refractivity contribution is 5.83. The van der Waals surface area contributed by atoms with Gasteiger partial charge in [-0.1, -0.05) is 6.58 Å². The van der Waals surface area contributed by atoms with E-state index in [1.807, 2.05) is 0 Å². The number of ether oxygens (including phenoxy) is 1. The number of carbonyl (C=O) groups excluding carboxylic acids is 1. The highest BCUT2D eigenvalue weighted by atomic mass is 19.2. The molecule has 0 aliphatic heterocycles. The van der Waals surface area contributed by atoms with Crippen LogP contribution in [0.5, 0.6) is 5.75 Å². The van der Waals surface area contributed by atoms with Crippen LogP contribution in [0.25, 0.3) is 0 Å². The van der Waals surface area contributed by atoms with Crippen molar-refractivity contribution in [3.05, 3.63) is 42.2 Å². The van der Waals surface area contributed by atoms with E-state index in [1.54, 1.807) is 0 Å². The fraction of sp³-hybridized carbons (Fsp3) is 0. The summed E-state index contributed by atoms with van der Waals surface area (Å²) in [5.74, 6) is -6.11. The second-order valence-electron chi connectivity index (χ2n) is 2.30. The molecule has 0 saturated heterocycles. The number of esters is 1. The van der Waals surface area contributed by atoms with Gasteiger partial charge in [-0.3, -0.25) is 0 Å². The van der Waals surface area contributed by atoms with Crippen LogP contribution in [-0.2, 0) is 4.79 Å². The van der Waals surface area contributed by atoms with Crippen molar-refractivity contribution >= 4 is 5.97 Å². The van der Waals surface area contributed by atoms with E-state index < -0.39 is 29.2 Å². The van der Waals surface area contributed by atoms with Crippen molar-refractivity contribution in [2.75, 3.05) is 0 Å². The van der Waals surface area contributed by atoms with Crippen molar-refractivity contribution in [1.29, 1.82) is 0 Å². The van der Waals surface area contributed by atoms with Crippen LogP contribution in [0.15, 0.2) is 24.8 Å². The Morgan fingerprint density at radius 3 is 2.43 bits per heavy atom. The standard InChI is InChI=1S/C9H5F3O2/c1-2-7(13)14-9-6(11)4-3-5(10)8(9)12/h2-4H,1H2. The minimum Gasteiger partial charge on any atom is -0.417 e. The maximum Gasteiger partial charge on any atom is 0.335 e. The molecule has 0 amide bonds. The Balaban J connectivity index is 3.12. The van der Waals surface area contributed by atoms with Crippen LogP contribution >= 0.6 is 0 Å². The minimum atomic E-state index is -1.54. The third kappa shape index (κ3) is 1.93. The summed E-state index contributed by atoms with van der Waals surface area (Å²) in [5, 5.41) is 0. The molecule has 0 heterocycles. The molecule has 0 unspecified atom stereocenters. The lowest BCUT2D eigenvalue weighted by Gasteiger charge is -2.04. The van der Waals surface area contributed by atoms with Crippen LogP contribution in [0.2, 0.25) is 0 Å². The monoisotopic (exact) mass is 202 g/mol. The first-order valence-corrected chi connectivity index (χ1v) is 3.54. The van der Waals surface area contributed by atoms with Gasteiger partial charge in [-0.05, 0) is 12.1 Å². The van der Waals surface area contributed by atoms with Crippen LogP contribution in [0.3, 0.4) is 0 Å². The second-order valence-corrected chi connectivity index (χ2v) is 2.30. The van der Waals surface area contributed by atoms with Crippen LogP contribution in [0.4, 0.5) is 13.2 Å². The van der Waals surface area contributed by atoms with E-state index in [9.17, 15) is 18.0 Å². The number of rotatable bonds is 2. The maximum atomic E-state index is 12.8. The van der Waals surface area contributed by atoms with Gasteiger partial charge in [-0.2, -0.15) is 4.39 Å². The average Bonchev–Trinajstić information content (AvgIpc) is 2.18. The van der Waals surface area contributed by atoms with E-state index in [0.717, 1.165) is 0 Å². The molecule has 0 radical (unpaired) electrons. The summed E-state index contributed by atoms with van der Waals surface area (Å²) in [6, 6.07) is 1.25. The summed E-state index contributed by atoms with van der Waals surface area (Å²) in [6.07, 6.45) is 0.712. The summed E-state index contributed by atoms with van der Waals surface area (Å²) in [5.41, 5.74) is 0. The molecule has 0 spiro atoms. The molecule has 0 aromatic heterocycles. The molecule has 14 heavy (non-hydrogen) atoms. The Bertz CT molecular complexity index is 388. The van der Waals surface area contributed by atoms with Crippen LogP contribution < -0.4 is 4.74 Å². The molecule has 1 aromatic rings. The van der Waals surface area contributed by atoms with Gasteiger partial charge in [0.15, 0.2) is 11.6 Å². The van der Waals surface area contributed by atoms with Crippen LogP contribution in [0, 0.1) is 17.5 Å². The Hall–Kier alpha value is -1.78. The van der Waals surface area contributed by atoms with E-state index in [2.05, 4.69) is 11.3 Å². The molecule has 5 heteroatoms. The summed E-state index contributed by atoms with van der Waals surface area (Å²) in [4.78, 5) is 10.6. The summed E-state index contributed by atoms with van der Waals surface area (Å²) >= 11 is 0. The Labute approximate surface area is 77.6 Å². The van der Waals surface area contributed by atoms with Gasteiger partial charge in [-0.25, -0.2) is 13.6 Å². The van der Waals surface area contributed by atoms with Crippen LogP contribution in [-0.4, -0.2) is 5.97 Å². The molecule has 2 nitrogen and oxygen atoms in total. The van der Waals surface area contributed by atoms with Crippen molar-refractivity contribution in [3.8, 4) is 5.75 Å². The van der Waals surface area contributed by atoms with Crippen LogP contribution in [0.1, 0.15) is 0 Å². The molecule has 0 bridgehead atoms. The van der Waals surface area contributed by atoms with Gasteiger partial charge in [0.25, 0.3) is 0 Å².